The predicted octanol–water partition coefficient (Wildman–Crippen LogP) is 6.79. The summed E-state index contributed by atoms with van der Waals surface area (Å²) in [7, 11) is 0. The van der Waals surface area contributed by atoms with Crippen LogP contribution in [0.25, 0.3) is 16.0 Å². The molecule has 0 radical (unpaired) electrons. The summed E-state index contributed by atoms with van der Waals surface area (Å²) < 4.78 is 18.3. The van der Waals surface area contributed by atoms with E-state index in [-0.39, 0.29) is 11.3 Å². The van der Waals surface area contributed by atoms with Gasteiger partial charge in [-0.1, -0.05) is 47.7 Å². The van der Waals surface area contributed by atoms with Crippen LogP contribution in [0.3, 0.4) is 0 Å². The van der Waals surface area contributed by atoms with Crippen molar-refractivity contribution in [3.05, 3.63) is 113 Å². The summed E-state index contributed by atoms with van der Waals surface area (Å²) in [5, 5.41) is 12.0. The lowest BCUT2D eigenvalue weighted by atomic mass is 9.95. The number of hydrogen-bond donors (Lipinski definition) is 1. The Labute approximate surface area is 245 Å². The number of carbonyl (C=O) groups excluding carboxylic acids is 2. The average molecular weight is 577 g/mol. The number of aliphatic hydroxyl groups is 1. The van der Waals surface area contributed by atoms with Crippen LogP contribution in [0.1, 0.15) is 22.7 Å². The Morgan fingerprint density at radius 1 is 0.905 bits per heavy atom. The number of benzene rings is 4. The molecule has 3 heterocycles. The third-order valence-corrected chi connectivity index (χ3v) is 8.17. The minimum atomic E-state index is -0.959. The monoisotopic (exact) mass is 576 g/mol. The maximum Gasteiger partial charge on any atom is 0.301 e. The van der Waals surface area contributed by atoms with E-state index in [9.17, 15) is 14.7 Å². The van der Waals surface area contributed by atoms with Gasteiger partial charge in [-0.25, -0.2) is 4.98 Å². The fraction of sp³-hybridized carbons (Fsp3) is 0.121. The largest absolute Gasteiger partial charge is 0.507 e. The van der Waals surface area contributed by atoms with Gasteiger partial charge in [-0.3, -0.25) is 14.5 Å². The number of aromatic nitrogens is 1. The third kappa shape index (κ3) is 4.53. The molecule has 8 nitrogen and oxygen atoms in total. The van der Waals surface area contributed by atoms with Crippen LogP contribution >= 0.6 is 11.3 Å². The molecule has 7 rings (SSSR count). The lowest BCUT2D eigenvalue weighted by Crippen LogP contribution is -2.29. The number of ketones is 1. The van der Waals surface area contributed by atoms with Gasteiger partial charge >= 0.3 is 5.91 Å². The van der Waals surface area contributed by atoms with Gasteiger partial charge in [-0.05, 0) is 72.6 Å². The molecule has 5 aromatic rings. The first-order valence-electron chi connectivity index (χ1n) is 13.4. The van der Waals surface area contributed by atoms with E-state index in [1.807, 2.05) is 55.5 Å². The van der Waals surface area contributed by atoms with E-state index in [0.717, 1.165) is 10.3 Å². The Bertz CT molecular complexity index is 1900. The number of anilines is 1. The normalized spacial score (nSPS) is 17.5. The van der Waals surface area contributed by atoms with E-state index in [2.05, 4.69) is 0 Å². The molecule has 2 aliphatic heterocycles. The summed E-state index contributed by atoms with van der Waals surface area (Å²) in [6.45, 7) is 2.77. The fourth-order valence-corrected chi connectivity index (χ4v) is 6.28. The van der Waals surface area contributed by atoms with Crippen molar-refractivity contribution in [1.29, 1.82) is 0 Å². The van der Waals surface area contributed by atoms with Gasteiger partial charge in [-0.2, -0.15) is 0 Å². The van der Waals surface area contributed by atoms with E-state index < -0.39 is 17.7 Å². The van der Waals surface area contributed by atoms with Crippen molar-refractivity contribution in [3.8, 4) is 23.0 Å². The summed E-state index contributed by atoms with van der Waals surface area (Å²) >= 11 is 1.32. The average Bonchev–Trinajstić information content (AvgIpc) is 3.54. The van der Waals surface area contributed by atoms with E-state index in [1.54, 1.807) is 42.5 Å². The molecule has 9 heteroatoms. The van der Waals surface area contributed by atoms with Gasteiger partial charge in [0.1, 0.15) is 30.5 Å². The number of ether oxygens (including phenoxy) is 3. The minimum Gasteiger partial charge on any atom is -0.507 e. The Balaban J connectivity index is 1.39. The van der Waals surface area contributed by atoms with Crippen molar-refractivity contribution in [2.75, 3.05) is 18.1 Å². The van der Waals surface area contributed by atoms with Crippen LogP contribution in [0, 0.1) is 6.92 Å². The van der Waals surface area contributed by atoms with E-state index in [4.69, 9.17) is 19.2 Å². The minimum absolute atomic E-state index is 0.0519. The number of para-hydroxylation sites is 1. The SMILES string of the molecule is Cc1ccc2nc(N3C(=O)C(=O)/C(=C(/O)c4ccc5c(c4)OCCO5)[C@@H]3c3cccc(Oc4ccccc4)c3)sc2c1. The number of hydrogen-bond acceptors (Lipinski definition) is 8. The number of thiazole rings is 1. The zero-order valence-electron chi connectivity index (χ0n) is 22.4. The van der Waals surface area contributed by atoms with Crippen LogP contribution in [0.4, 0.5) is 5.13 Å². The lowest BCUT2D eigenvalue weighted by Gasteiger charge is -2.23. The molecule has 208 valence electrons. The first-order valence-corrected chi connectivity index (χ1v) is 14.2. The Hall–Kier alpha value is -5.15. The quantitative estimate of drug-likeness (QED) is 0.140. The zero-order valence-corrected chi connectivity index (χ0v) is 23.3. The van der Waals surface area contributed by atoms with Crippen LogP contribution in [-0.2, 0) is 9.59 Å². The highest BCUT2D eigenvalue weighted by Crippen LogP contribution is 2.46. The van der Waals surface area contributed by atoms with E-state index in [0.29, 0.717) is 58.0 Å². The van der Waals surface area contributed by atoms with Crippen molar-refractivity contribution in [1.82, 2.24) is 4.98 Å². The molecule has 1 fully saturated rings. The van der Waals surface area contributed by atoms with Crippen molar-refractivity contribution in [3.63, 3.8) is 0 Å². The number of Topliss-reactive ketones (excluding diaryl/α,β-unsaturated/α-hetero) is 1. The molecular formula is C33H24N2O6S. The third-order valence-electron chi connectivity index (χ3n) is 7.15. The van der Waals surface area contributed by atoms with Gasteiger partial charge in [0.2, 0.25) is 0 Å². The number of aryl methyl sites for hydroxylation is 1. The molecule has 4 aromatic carbocycles. The second-order valence-electron chi connectivity index (χ2n) is 9.98. The Kier molecular flexibility index (Phi) is 6.36. The van der Waals surface area contributed by atoms with Gasteiger partial charge < -0.3 is 19.3 Å². The van der Waals surface area contributed by atoms with Gasteiger partial charge in [-0.15, -0.1) is 0 Å². The highest BCUT2D eigenvalue weighted by atomic mass is 32.1. The molecule has 0 unspecified atom stereocenters. The van der Waals surface area contributed by atoms with Gasteiger partial charge in [0.05, 0.1) is 21.8 Å². The number of aliphatic hydroxyl groups excluding tert-OH is 1. The van der Waals surface area contributed by atoms with Crippen LogP contribution in [0.2, 0.25) is 0 Å². The summed E-state index contributed by atoms with van der Waals surface area (Å²) in [5.41, 5.74) is 2.63. The van der Waals surface area contributed by atoms with Crippen LogP contribution in [0.5, 0.6) is 23.0 Å². The van der Waals surface area contributed by atoms with E-state index in [1.165, 1.54) is 16.2 Å². The molecule has 1 atom stereocenters. The Morgan fingerprint density at radius 3 is 2.52 bits per heavy atom. The van der Waals surface area contributed by atoms with Gasteiger partial charge in [0.25, 0.3) is 5.78 Å². The number of nitrogens with zero attached hydrogens (tertiary/aromatic N) is 2. The lowest BCUT2D eigenvalue weighted by molar-refractivity contribution is -0.132. The second-order valence-corrected chi connectivity index (χ2v) is 11.0. The summed E-state index contributed by atoms with van der Waals surface area (Å²) in [5.74, 6) is 0.261. The topological polar surface area (TPSA) is 98.2 Å². The molecule has 0 bridgehead atoms. The number of rotatable bonds is 5. The molecule has 0 saturated carbocycles. The molecule has 1 saturated heterocycles. The second kappa shape index (κ2) is 10.4. The fourth-order valence-electron chi connectivity index (χ4n) is 5.19. The van der Waals surface area contributed by atoms with Gasteiger partial charge in [0, 0.05) is 5.56 Å². The standard InChI is InChI=1S/C33H24N2O6S/c1-19-10-12-24-27(16-19)42-33(34-24)35-29(20-6-5-9-23(17-20)41-22-7-3-2-4-8-22)28(31(37)32(35)38)30(36)21-11-13-25-26(18-21)40-15-14-39-25/h2-13,16-18,29,36H,14-15H2,1H3/b30-28+/t29-/m0/s1. The summed E-state index contributed by atoms with van der Waals surface area (Å²) in [6, 6.07) is 26.3. The molecule has 2 aliphatic rings. The molecule has 1 N–H and O–H groups in total. The van der Waals surface area contributed by atoms with E-state index >= 15 is 0 Å². The molecule has 42 heavy (non-hydrogen) atoms. The molecule has 1 amide bonds. The number of fused-ring (bicyclic) bond motifs is 2. The van der Waals surface area contributed by atoms with Crippen molar-refractivity contribution in [2.24, 2.45) is 0 Å². The maximum absolute atomic E-state index is 13.7. The molecular weight excluding hydrogens is 552 g/mol. The van der Waals surface area contributed by atoms with Crippen LogP contribution in [-0.4, -0.2) is 35.0 Å². The van der Waals surface area contributed by atoms with Crippen molar-refractivity contribution < 1.29 is 28.9 Å². The summed E-state index contributed by atoms with van der Waals surface area (Å²) in [6.07, 6.45) is 0. The van der Waals surface area contributed by atoms with Crippen LogP contribution < -0.4 is 19.1 Å². The first kappa shape index (κ1) is 25.8. The Morgan fingerprint density at radius 2 is 1.69 bits per heavy atom. The first-order chi connectivity index (χ1) is 20.5. The van der Waals surface area contributed by atoms with Crippen LogP contribution in [0.15, 0.2) is 96.6 Å². The highest BCUT2D eigenvalue weighted by Gasteiger charge is 2.48. The molecule has 0 aliphatic carbocycles. The maximum atomic E-state index is 13.7. The highest BCUT2D eigenvalue weighted by molar-refractivity contribution is 7.22. The number of amides is 1. The molecule has 0 spiro atoms. The zero-order chi connectivity index (χ0) is 28.8. The smallest absolute Gasteiger partial charge is 0.301 e. The summed E-state index contributed by atoms with van der Waals surface area (Å²) in [4.78, 5) is 33.5. The number of carbonyl (C=O) groups is 2. The van der Waals surface area contributed by atoms with Gasteiger partial charge in [0.15, 0.2) is 16.6 Å². The molecule has 1 aromatic heterocycles. The predicted molar refractivity (Wildman–Crippen MR) is 160 cm³/mol. The van der Waals surface area contributed by atoms with Crippen molar-refractivity contribution >= 4 is 44.1 Å². The van der Waals surface area contributed by atoms with Crippen molar-refractivity contribution in [2.45, 2.75) is 13.0 Å².